The van der Waals surface area contributed by atoms with Gasteiger partial charge in [0.1, 0.15) is 6.54 Å². The van der Waals surface area contributed by atoms with E-state index >= 15 is 0 Å². The van der Waals surface area contributed by atoms with Gasteiger partial charge in [-0.15, -0.1) is 0 Å². The quantitative estimate of drug-likeness (QED) is 0.568. The van der Waals surface area contributed by atoms with Gasteiger partial charge < -0.3 is 19.7 Å². The molecule has 0 radical (unpaired) electrons. The number of benzene rings is 2. The molecule has 2 amide bonds. The lowest BCUT2D eigenvalue weighted by atomic mass is 10.1. The van der Waals surface area contributed by atoms with Crippen molar-refractivity contribution in [2.24, 2.45) is 7.05 Å². The molecule has 1 aliphatic rings. The normalized spacial score (nSPS) is 13.8. The number of aryl methyl sites for hydroxylation is 1. The van der Waals surface area contributed by atoms with Crippen LogP contribution < -0.4 is 10.2 Å². The summed E-state index contributed by atoms with van der Waals surface area (Å²) in [6, 6.07) is 17.6. The number of hydrogen-bond donors (Lipinski definition) is 1. The second-order valence-electron chi connectivity index (χ2n) is 8.12. The number of hydrogen-bond acceptors (Lipinski definition) is 5. The molecule has 0 unspecified atom stereocenters. The van der Waals surface area contributed by atoms with Crippen LogP contribution >= 0.6 is 12.2 Å². The summed E-state index contributed by atoms with van der Waals surface area (Å²) in [5.41, 5.74) is 2.71. The number of nitrogens with zero attached hydrogens (tertiary/aromatic N) is 5. The zero-order chi connectivity index (χ0) is 23.4. The molecule has 8 nitrogen and oxygen atoms in total. The highest BCUT2D eigenvalue weighted by Gasteiger charge is 2.22. The number of piperazine rings is 1. The fourth-order valence-corrected chi connectivity index (χ4v) is 4.16. The first-order valence-corrected chi connectivity index (χ1v) is 11.4. The summed E-state index contributed by atoms with van der Waals surface area (Å²) >= 11 is 5.48. The maximum Gasteiger partial charge on any atom is 0.251 e. The number of rotatable bonds is 6. The summed E-state index contributed by atoms with van der Waals surface area (Å²) in [4.78, 5) is 29.5. The van der Waals surface area contributed by atoms with Gasteiger partial charge in [-0.1, -0.05) is 36.4 Å². The lowest BCUT2D eigenvalue weighted by molar-refractivity contribution is -0.132. The summed E-state index contributed by atoms with van der Waals surface area (Å²) in [5.74, 6) is 0.428. The summed E-state index contributed by atoms with van der Waals surface area (Å²) < 4.78 is 3.72. The molecule has 0 aliphatic carbocycles. The molecule has 9 heteroatoms. The van der Waals surface area contributed by atoms with E-state index in [2.05, 4.69) is 27.4 Å². The van der Waals surface area contributed by atoms with Crippen LogP contribution in [0, 0.1) is 11.7 Å². The van der Waals surface area contributed by atoms with Crippen molar-refractivity contribution >= 4 is 29.7 Å². The fraction of sp³-hybridized carbons (Fsp3) is 0.333. The smallest absolute Gasteiger partial charge is 0.251 e. The molecule has 3 aromatic rings. The average molecular weight is 465 g/mol. The van der Waals surface area contributed by atoms with E-state index in [9.17, 15) is 9.59 Å². The third-order valence-corrected chi connectivity index (χ3v) is 6.45. The van der Waals surface area contributed by atoms with E-state index in [0.29, 0.717) is 29.2 Å². The Kier molecular flexibility index (Phi) is 6.88. The van der Waals surface area contributed by atoms with Crippen LogP contribution in [0.15, 0.2) is 54.6 Å². The highest BCUT2D eigenvalue weighted by atomic mass is 32.1. The molecular formula is C24H28N6O2S. The molecule has 1 aromatic heterocycles. The first kappa shape index (κ1) is 22.7. The fourth-order valence-electron chi connectivity index (χ4n) is 3.95. The van der Waals surface area contributed by atoms with Crippen LogP contribution in [0.4, 0.5) is 5.69 Å². The Morgan fingerprint density at radius 2 is 1.67 bits per heavy atom. The van der Waals surface area contributed by atoms with Crippen LogP contribution in [0.5, 0.6) is 0 Å². The summed E-state index contributed by atoms with van der Waals surface area (Å²) in [5, 5.41) is 7.39. The van der Waals surface area contributed by atoms with Gasteiger partial charge >= 0.3 is 0 Å². The van der Waals surface area contributed by atoms with Crippen molar-refractivity contribution in [3.05, 3.63) is 76.3 Å². The zero-order valence-corrected chi connectivity index (χ0v) is 19.7. The Balaban J connectivity index is 1.35. The lowest BCUT2D eigenvalue weighted by Crippen LogP contribution is -2.49. The minimum absolute atomic E-state index is 0.00703. The molecule has 2 heterocycles. The van der Waals surface area contributed by atoms with Crippen molar-refractivity contribution < 1.29 is 9.59 Å². The van der Waals surface area contributed by atoms with Gasteiger partial charge in [-0.05, 0) is 42.9 Å². The van der Waals surface area contributed by atoms with E-state index in [0.717, 1.165) is 18.7 Å². The minimum atomic E-state index is -0.166. The zero-order valence-electron chi connectivity index (χ0n) is 18.9. The van der Waals surface area contributed by atoms with Crippen LogP contribution in [0.25, 0.3) is 0 Å². The van der Waals surface area contributed by atoms with E-state index in [1.807, 2.05) is 48.2 Å². The van der Waals surface area contributed by atoms with Gasteiger partial charge in [0, 0.05) is 44.5 Å². The molecule has 0 saturated carbocycles. The Labute approximate surface area is 198 Å². The monoisotopic (exact) mass is 464 g/mol. The molecule has 0 bridgehead atoms. The Morgan fingerprint density at radius 1 is 1.00 bits per heavy atom. The molecule has 4 rings (SSSR count). The molecule has 1 aliphatic heterocycles. The van der Waals surface area contributed by atoms with Gasteiger partial charge in [0.05, 0.1) is 6.54 Å². The van der Waals surface area contributed by atoms with Crippen molar-refractivity contribution in [1.82, 2.24) is 24.6 Å². The summed E-state index contributed by atoms with van der Waals surface area (Å²) in [6.07, 6.45) is 0. The van der Waals surface area contributed by atoms with Gasteiger partial charge in [-0.2, -0.15) is 5.10 Å². The van der Waals surface area contributed by atoms with Gasteiger partial charge in [-0.3, -0.25) is 9.59 Å². The molecular weight excluding hydrogens is 436 g/mol. The maximum atomic E-state index is 12.9. The van der Waals surface area contributed by atoms with E-state index in [1.165, 1.54) is 10.4 Å². The first-order valence-electron chi connectivity index (χ1n) is 11.0. The number of carbonyl (C=O) groups is 2. The van der Waals surface area contributed by atoms with Crippen LogP contribution in [0.2, 0.25) is 0 Å². The molecule has 2 aromatic carbocycles. The molecule has 0 atom stereocenters. The topological polar surface area (TPSA) is 75.4 Å². The highest BCUT2D eigenvalue weighted by Crippen LogP contribution is 2.16. The van der Waals surface area contributed by atoms with Crippen LogP contribution in [0.1, 0.15) is 21.7 Å². The number of amides is 2. The molecule has 1 fully saturated rings. The Hall–Kier alpha value is -3.46. The molecule has 33 heavy (non-hydrogen) atoms. The van der Waals surface area contributed by atoms with Crippen LogP contribution in [-0.2, 0) is 24.9 Å². The average Bonchev–Trinajstić information content (AvgIpc) is 3.11. The van der Waals surface area contributed by atoms with Crippen molar-refractivity contribution in [2.45, 2.75) is 20.0 Å². The van der Waals surface area contributed by atoms with Crippen molar-refractivity contribution in [3.63, 3.8) is 0 Å². The number of carbonyl (C=O) groups excluding carboxylic acids is 2. The number of nitrogens with one attached hydrogen (secondary N) is 1. The van der Waals surface area contributed by atoms with Gasteiger partial charge in [0.25, 0.3) is 5.91 Å². The van der Waals surface area contributed by atoms with Gasteiger partial charge in [-0.25, -0.2) is 4.68 Å². The third kappa shape index (κ3) is 5.14. The SMILES string of the molecule is Cc1ccccc1C(=O)NCc1nn(CC(=O)N2CCN(c3ccccc3)CC2)c(=S)n1C. The van der Waals surface area contributed by atoms with E-state index < -0.39 is 0 Å². The molecule has 0 spiro atoms. The highest BCUT2D eigenvalue weighted by molar-refractivity contribution is 7.71. The molecule has 172 valence electrons. The Bertz CT molecular complexity index is 1200. The minimum Gasteiger partial charge on any atom is -0.368 e. The summed E-state index contributed by atoms with van der Waals surface area (Å²) in [7, 11) is 1.80. The largest absolute Gasteiger partial charge is 0.368 e. The first-order chi connectivity index (χ1) is 15.9. The van der Waals surface area contributed by atoms with E-state index in [-0.39, 0.29) is 24.9 Å². The van der Waals surface area contributed by atoms with Crippen molar-refractivity contribution in [3.8, 4) is 0 Å². The molecule has 1 N–H and O–H groups in total. The predicted octanol–water partition coefficient (Wildman–Crippen LogP) is 2.54. The van der Waals surface area contributed by atoms with Crippen LogP contribution in [-0.4, -0.2) is 57.2 Å². The van der Waals surface area contributed by atoms with Crippen molar-refractivity contribution in [1.29, 1.82) is 0 Å². The summed E-state index contributed by atoms with van der Waals surface area (Å²) in [6.45, 7) is 5.11. The predicted molar refractivity (Wildman–Crippen MR) is 130 cm³/mol. The van der Waals surface area contributed by atoms with Gasteiger partial charge in [0.2, 0.25) is 5.91 Å². The number of anilines is 1. The second-order valence-corrected chi connectivity index (χ2v) is 8.48. The third-order valence-electron chi connectivity index (χ3n) is 5.97. The van der Waals surface area contributed by atoms with Crippen LogP contribution in [0.3, 0.4) is 0 Å². The number of para-hydroxylation sites is 1. The molecule has 1 saturated heterocycles. The standard InChI is InChI=1S/C24H28N6O2S/c1-18-8-6-7-11-20(18)23(32)25-16-21-26-30(24(33)27(21)2)17-22(31)29-14-12-28(13-15-29)19-9-4-3-5-10-19/h3-11H,12-17H2,1-2H3,(H,25,32). The number of aromatic nitrogens is 3. The van der Waals surface area contributed by atoms with E-state index in [4.69, 9.17) is 12.2 Å². The van der Waals surface area contributed by atoms with Gasteiger partial charge in [0.15, 0.2) is 10.6 Å². The van der Waals surface area contributed by atoms with E-state index in [1.54, 1.807) is 17.7 Å². The van der Waals surface area contributed by atoms with Crippen molar-refractivity contribution in [2.75, 3.05) is 31.1 Å². The second kappa shape index (κ2) is 9.99. The lowest BCUT2D eigenvalue weighted by Gasteiger charge is -2.36. The Morgan fingerprint density at radius 3 is 2.36 bits per heavy atom. The maximum absolute atomic E-state index is 12.9.